The van der Waals surface area contributed by atoms with E-state index in [1.54, 1.807) is 12.1 Å². The second-order valence-electron chi connectivity index (χ2n) is 4.72. The molecule has 2 rings (SSSR count). The Labute approximate surface area is 107 Å². The highest BCUT2D eigenvalue weighted by Crippen LogP contribution is 2.26. The highest BCUT2D eigenvalue weighted by Gasteiger charge is 2.23. The molecule has 0 aromatic heterocycles. The summed E-state index contributed by atoms with van der Waals surface area (Å²) in [5.74, 6) is 0.323. The molecule has 0 aliphatic carbocycles. The molecule has 18 heavy (non-hydrogen) atoms. The normalized spacial score (nSPS) is 23.1. The van der Waals surface area contributed by atoms with E-state index >= 15 is 0 Å². The molecule has 4 nitrogen and oxygen atoms in total. The van der Waals surface area contributed by atoms with E-state index in [1.165, 1.54) is 5.41 Å². The first-order chi connectivity index (χ1) is 8.37. The van der Waals surface area contributed by atoms with Crippen molar-refractivity contribution >= 4 is 9.84 Å². The summed E-state index contributed by atoms with van der Waals surface area (Å²) in [6, 6.07) is 5.19. The number of aromatic hydroxyl groups is 1. The molecule has 0 fully saturated rings. The predicted molar refractivity (Wildman–Crippen MR) is 71.1 cm³/mol. The number of phenols is 1. The maximum atomic E-state index is 11.3. The van der Waals surface area contributed by atoms with Crippen molar-refractivity contribution in [2.75, 3.05) is 5.75 Å². The second-order valence-corrected chi connectivity index (χ2v) is 6.65. The molecule has 1 aliphatic rings. The van der Waals surface area contributed by atoms with Crippen molar-refractivity contribution in [2.24, 2.45) is 0 Å². The van der Waals surface area contributed by atoms with E-state index in [0.717, 1.165) is 11.1 Å². The van der Waals surface area contributed by atoms with Crippen LogP contribution in [0.4, 0.5) is 0 Å². The number of phenolic OH excluding ortho intramolecular Hbond substituents is 1. The summed E-state index contributed by atoms with van der Waals surface area (Å²) >= 11 is 0. The Morgan fingerprint density at radius 1 is 1.44 bits per heavy atom. The lowest BCUT2D eigenvalue weighted by Crippen LogP contribution is -2.32. The van der Waals surface area contributed by atoms with Crippen LogP contribution in [0, 0.1) is 6.92 Å². The molecule has 0 amide bonds. The molecule has 1 aliphatic heterocycles. The summed E-state index contributed by atoms with van der Waals surface area (Å²) in [7, 11) is -3.05. The van der Waals surface area contributed by atoms with Gasteiger partial charge in [-0.15, -0.1) is 0 Å². The molecule has 5 heteroatoms. The molecule has 1 aromatic rings. The van der Waals surface area contributed by atoms with Crippen LogP contribution in [0.15, 0.2) is 29.7 Å². The number of benzene rings is 1. The van der Waals surface area contributed by atoms with Crippen LogP contribution in [0.5, 0.6) is 5.75 Å². The second kappa shape index (κ2) is 4.74. The van der Waals surface area contributed by atoms with Crippen LogP contribution in [-0.2, 0) is 9.84 Å². The van der Waals surface area contributed by atoms with Crippen LogP contribution in [0.25, 0.3) is 0 Å². The van der Waals surface area contributed by atoms with Gasteiger partial charge in [-0.2, -0.15) is 0 Å². The van der Waals surface area contributed by atoms with Gasteiger partial charge in [0.1, 0.15) is 5.75 Å². The predicted octanol–water partition coefficient (Wildman–Crippen LogP) is 1.66. The van der Waals surface area contributed by atoms with Crippen LogP contribution in [0.1, 0.15) is 24.1 Å². The summed E-state index contributed by atoms with van der Waals surface area (Å²) in [6.07, 6.45) is 1.65. The van der Waals surface area contributed by atoms with Crippen LogP contribution in [-0.4, -0.2) is 25.3 Å². The maximum absolute atomic E-state index is 11.3. The summed E-state index contributed by atoms with van der Waals surface area (Å²) in [5, 5.41) is 14.3. The zero-order valence-electron chi connectivity index (χ0n) is 10.4. The van der Waals surface area contributed by atoms with Gasteiger partial charge in [0.15, 0.2) is 9.84 Å². The third-order valence-electron chi connectivity index (χ3n) is 3.05. The first-order valence-corrected chi connectivity index (χ1v) is 7.55. The van der Waals surface area contributed by atoms with E-state index in [1.807, 2.05) is 26.0 Å². The first kappa shape index (κ1) is 13.1. The Balaban J connectivity index is 2.09. The third kappa shape index (κ3) is 2.91. The van der Waals surface area contributed by atoms with E-state index in [4.69, 9.17) is 0 Å². The van der Waals surface area contributed by atoms with Crippen LogP contribution >= 0.6 is 0 Å². The Kier molecular flexibility index (Phi) is 3.45. The van der Waals surface area contributed by atoms with E-state index in [2.05, 4.69) is 5.32 Å². The van der Waals surface area contributed by atoms with Crippen molar-refractivity contribution in [3.8, 4) is 5.75 Å². The maximum Gasteiger partial charge on any atom is 0.173 e. The Bertz CT molecular complexity index is 578. The summed E-state index contributed by atoms with van der Waals surface area (Å²) in [5.41, 5.74) is 1.77. The zero-order valence-corrected chi connectivity index (χ0v) is 11.2. The average molecular weight is 267 g/mol. The van der Waals surface area contributed by atoms with Gasteiger partial charge in [-0.25, -0.2) is 8.42 Å². The number of hydrogen-bond acceptors (Lipinski definition) is 4. The van der Waals surface area contributed by atoms with Crippen molar-refractivity contribution in [1.29, 1.82) is 0 Å². The molecule has 0 bridgehead atoms. The highest BCUT2D eigenvalue weighted by atomic mass is 32.2. The molecular formula is C13H17NO3S. The smallest absolute Gasteiger partial charge is 0.173 e. The quantitative estimate of drug-likeness (QED) is 0.874. The SMILES string of the molecule is Cc1ccc(C(C)NC2C=CS(=O)(=O)C2)c(O)c1. The van der Waals surface area contributed by atoms with Gasteiger partial charge in [0, 0.05) is 23.1 Å². The van der Waals surface area contributed by atoms with Crippen molar-refractivity contribution in [2.45, 2.75) is 25.9 Å². The van der Waals surface area contributed by atoms with Gasteiger partial charge < -0.3 is 10.4 Å². The minimum absolute atomic E-state index is 0.0873. The Hall–Kier alpha value is -1.33. The van der Waals surface area contributed by atoms with Crippen molar-refractivity contribution < 1.29 is 13.5 Å². The lowest BCUT2D eigenvalue weighted by molar-refractivity contribution is 0.448. The van der Waals surface area contributed by atoms with Gasteiger partial charge in [0.2, 0.25) is 0 Å². The van der Waals surface area contributed by atoms with E-state index in [9.17, 15) is 13.5 Å². The van der Waals surface area contributed by atoms with Gasteiger partial charge in [-0.05, 0) is 25.5 Å². The zero-order chi connectivity index (χ0) is 13.3. The van der Waals surface area contributed by atoms with E-state index < -0.39 is 9.84 Å². The molecule has 0 saturated carbocycles. The third-order valence-corrected chi connectivity index (χ3v) is 4.44. The molecule has 1 aromatic carbocycles. The van der Waals surface area contributed by atoms with Crippen molar-refractivity contribution in [3.05, 3.63) is 40.8 Å². The fourth-order valence-electron chi connectivity index (χ4n) is 2.11. The van der Waals surface area contributed by atoms with Crippen LogP contribution < -0.4 is 5.32 Å². The van der Waals surface area contributed by atoms with Crippen molar-refractivity contribution in [3.63, 3.8) is 0 Å². The molecule has 1 heterocycles. The van der Waals surface area contributed by atoms with Gasteiger partial charge in [-0.1, -0.05) is 18.2 Å². The number of aryl methyl sites for hydroxylation is 1. The molecule has 0 spiro atoms. The van der Waals surface area contributed by atoms with Crippen LogP contribution in [0.3, 0.4) is 0 Å². The van der Waals surface area contributed by atoms with E-state index in [0.29, 0.717) is 0 Å². The lowest BCUT2D eigenvalue weighted by atomic mass is 10.0. The number of hydrogen-bond donors (Lipinski definition) is 2. The lowest BCUT2D eigenvalue weighted by Gasteiger charge is -2.19. The fourth-order valence-corrected chi connectivity index (χ4v) is 3.36. The molecule has 2 unspecified atom stereocenters. The Morgan fingerprint density at radius 3 is 2.72 bits per heavy atom. The van der Waals surface area contributed by atoms with Gasteiger partial charge in [0.25, 0.3) is 0 Å². The van der Waals surface area contributed by atoms with E-state index in [-0.39, 0.29) is 23.6 Å². The topological polar surface area (TPSA) is 66.4 Å². The van der Waals surface area contributed by atoms with Gasteiger partial charge >= 0.3 is 0 Å². The minimum atomic E-state index is -3.05. The summed E-state index contributed by atoms with van der Waals surface area (Å²) < 4.78 is 22.6. The summed E-state index contributed by atoms with van der Waals surface area (Å²) in [6.45, 7) is 3.82. The Morgan fingerprint density at radius 2 is 2.17 bits per heavy atom. The number of sulfone groups is 1. The largest absolute Gasteiger partial charge is 0.508 e. The van der Waals surface area contributed by atoms with Crippen LogP contribution in [0.2, 0.25) is 0 Å². The standard InChI is InChI=1S/C13H17NO3S/c1-9-3-4-12(13(15)7-9)10(2)14-11-5-6-18(16,17)8-11/h3-7,10-11,14-15H,8H2,1-2H3. The minimum Gasteiger partial charge on any atom is -0.508 e. The first-order valence-electron chi connectivity index (χ1n) is 5.84. The van der Waals surface area contributed by atoms with Gasteiger partial charge in [0.05, 0.1) is 5.75 Å². The molecule has 0 radical (unpaired) electrons. The van der Waals surface area contributed by atoms with Gasteiger partial charge in [-0.3, -0.25) is 0 Å². The molecule has 2 atom stereocenters. The molecule has 2 N–H and O–H groups in total. The number of rotatable bonds is 3. The molecule has 0 saturated heterocycles. The summed E-state index contributed by atoms with van der Waals surface area (Å²) in [4.78, 5) is 0. The van der Waals surface area contributed by atoms with Crippen molar-refractivity contribution in [1.82, 2.24) is 5.32 Å². The molecular weight excluding hydrogens is 250 g/mol. The fraction of sp³-hybridized carbons (Fsp3) is 0.385. The number of nitrogens with one attached hydrogen (secondary N) is 1. The highest BCUT2D eigenvalue weighted by molar-refractivity contribution is 7.94. The monoisotopic (exact) mass is 267 g/mol. The average Bonchev–Trinajstić information content (AvgIpc) is 2.57. The molecule has 98 valence electrons.